The zero-order valence-electron chi connectivity index (χ0n) is 12.1. The van der Waals surface area contributed by atoms with E-state index in [9.17, 15) is 0 Å². The molecule has 1 N–H and O–H groups in total. The minimum atomic E-state index is 0.413. The number of benzene rings is 1. The Morgan fingerprint density at radius 1 is 1.10 bits per heavy atom. The molecule has 2 fully saturated rings. The van der Waals surface area contributed by atoms with Crippen LogP contribution in [0, 0.1) is 0 Å². The van der Waals surface area contributed by atoms with Crippen LogP contribution in [-0.2, 0) is 4.74 Å². The molecule has 110 valence electrons. The lowest BCUT2D eigenvalue weighted by Gasteiger charge is -2.37. The van der Waals surface area contributed by atoms with Gasteiger partial charge in [-0.05, 0) is 18.6 Å². The molecule has 2 aliphatic rings. The molecule has 0 amide bonds. The maximum atomic E-state index is 5.76. The number of morpholine rings is 1. The van der Waals surface area contributed by atoms with E-state index in [-0.39, 0.29) is 0 Å². The maximum absolute atomic E-state index is 5.76. The largest absolute Gasteiger partial charge is 0.376 e. The maximum Gasteiger partial charge on any atom is 0.0712 e. The summed E-state index contributed by atoms with van der Waals surface area (Å²) in [6.45, 7) is 8.64. The number of ether oxygens (including phenoxy) is 1. The van der Waals surface area contributed by atoms with Crippen molar-refractivity contribution in [3.8, 4) is 0 Å². The molecule has 1 aromatic carbocycles. The normalized spacial score (nSPS) is 24.8. The molecule has 1 unspecified atom stereocenters. The van der Waals surface area contributed by atoms with Crippen LogP contribution >= 0.6 is 0 Å². The molecule has 0 spiro atoms. The van der Waals surface area contributed by atoms with E-state index in [2.05, 4.69) is 45.4 Å². The van der Waals surface area contributed by atoms with Gasteiger partial charge in [0.25, 0.3) is 0 Å². The number of anilines is 1. The molecule has 0 aliphatic carbocycles. The van der Waals surface area contributed by atoms with Crippen LogP contribution in [-0.4, -0.2) is 63.4 Å². The Morgan fingerprint density at radius 3 is 2.60 bits per heavy atom. The summed E-state index contributed by atoms with van der Waals surface area (Å²) < 4.78 is 5.76. The molecular weight excluding hydrogens is 250 g/mol. The molecule has 0 bridgehead atoms. The number of para-hydroxylation sites is 1. The van der Waals surface area contributed by atoms with Gasteiger partial charge in [-0.3, -0.25) is 4.90 Å². The highest BCUT2D eigenvalue weighted by molar-refractivity contribution is 5.46. The third-order valence-corrected chi connectivity index (χ3v) is 4.27. The Kier molecular flexibility index (Phi) is 4.90. The van der Waals surface area contributed by atoms with E-state index in [1.807, 2.05) is 0 Å². The number of hydrogen-bond acceptors (Lipinski definition) is 4. The summed E-state index contributed by atoms with van der Waals surface area (Å²) in [6, 6.07) is 10.7. The van der Waals surface area contributed by atoms with Crippen LogP contribution in [0.25, 0.3) is 0 Å². The van der Waals surface area contributed by atoms with E-state index >= 15 is 0 Å². The van der Waals surface area contributed by atoms with E-state index < -0.39 is 0 Å². The number of rotatable bonds is 4. The molecule has 3 rings (SSSR count). The molecular formula is C16H25N3O. The Balaban J connectivity index is 1.40. The van der Waals surface area contributed by atoms with Crippen LogP contribution in [0.15, 0.2) is 30.3 Å². The lowest BCUT2D eigenvalue weighted by Crippen LogP contribution is -2.48. The van der Waals surface area contributed by atoms with Crippen LogP contribution in [0.1, 0.15) is 6.42 Å². The molecule has 20 heavy (non-hydrogen) atoms. The monoisotopic (exact) mass is 275 g/mol. The molecule has 2 heterocycles. The van der Waals surface area contributed by atoms with E-state index in [4.69, 9.17) is 4.74 Å². The van der Waals surface area contributed by atoms with Crippen LogP contribution in [0.3, 0.4) is 0 Å². The van der Waals surface area contributed by atoms with Gasteiger partial charge >= 0.3 is 0 Å². The van der Waals surface area contributed by atoms with E-state index in [0.29, 0.717) is 6.10 Å². The Hall–Kier alpha value is -1.10. The summed E-state index contributed by atoms with van der Waals surface area (Å²) in [4.78, 5) is 5.05. The minimum Gasteiger partial charge on any atom is -0.376 e. The molecule has 4 nitrogen and oxygen atoms in total. The second-order valence-electron chi connectivity index (χ2n) is 5.65. The summed E-state index contributed by atoms with van der Waals surface area (Å²) in [5.74, 6) is 0. The van der Waals surface area contributed by atoms with Gasteiger partial charge in [-0.2, -0.15) is 0 Å². The van der Waals surface area contributed by atoms with Gasteiger partial charge in [0.2, 0.25) is 0 Å². The Labute approximate surface area is 121 Å². The van der Waals surface area contributed by atoms with Crippen molar-refractivity contribution in [2.45, 2.75) is 12.5 Å². The van der Waals surface area contributed by atoms with Crippen LogP contribution in [0.5, 0.6) is 0 Å². The van der Waals surface area contributed by atoms with Gasteiger partial charge < -0.3 is 15.0 Å². The molecule has 1 aromatic rings. The van der Waals surface area contributed by atoms with Crippen molar-refractivity contribution >= 4 is 5.69 Å². The summed E-state index contributed by atoms with van der Waals surface area (Å²) in [5.41, 5.74) is 1.35. The topological polar surface area (TPSA) is 27.7 Å². The summed E-state index contributed by atoms with van der Waals surface area (Å²) in [6.07, 6.45) is 1.56. The molecule has 0 saturated carbocycles. The van der Waals surface area contributed by atoms with Crippen molar-refractivity contribution in [1.29, 1.82) is 0 Å². The fourth-order valence-corrected chi connectivity index (χ4v) is 3.00. The van der Waals surface area contributed by atoms with Gasteiger partial charge in [0, 0.05) is 51.5 Å². The number of nitrogens with zero attached hydrogens (tertiary/aromatic N) is 2. The van der Waals surface area contributed by atoms with Crippen molar-refractivity contribution < 1.29 is 4.74 Å². The SMILES string of the molecule is c1ccc(N2CCN(CCC3CNCCO3)CC2)cc1. The highest BCUT2D eigenvalue weighted by atomic mass is 16.5. The second kappa shape index (κ2) is 7.07. The third kappa shape index (κ3) is 3.72. The van der Waals surface area contributed by atoms with Gasteiger partial charge in [0.1, 0.15) is 0 Å². The summed E-state index contributed by atoms with van der Waals surface area (Å²) >= 11 is 0. The first-order valence-corrected chi connectivity index (χ1v) is 7.76. The fourth-order valence-electron chi connectivity index (χ4n) is 3.00. The quantitative estimate of drug-likeness (QED) is 0.893. The van der Waals surface area contributed by atoms with Gasteiger partial charge in [-0.15, -0.1) is 0 Å². The molecule has 2 aliphatic heterocycles. The predicted octanol–water partition coefficient (Wildman–Crippen LogP) is 1.19. The number of hydrogen-bond donors (Lipinski definition) is 1. The standard InChI is InChI=1S/C16H25N3O/c1-2-4-15(5-3-1)19-11-9-18(10-12-19)8-6-16-14-17-7-13-20-16/h1-5,16-17H,6-14H2. The number of nitrogens with one attached hydrogen (secondary N) is 1. The Morgan fingerprint density at radius 2 is 1.90 bits per heavy atom. The van der Waals surface area contributed by atoms with Crippen molar-refractivity contribution in [1.82, 2.24) is 10.2 Å². The highest BCUT2D eigenvalue weighted by Gasteiger charge is 2.19. The third-order valence-electron chi connectivity index (χ3n) is 4.27. The number of piperazine rings is 1. The van der Waals surface area contributed by atoms with E-state index in [1.165, 1.54) is 5.69 Å². The van der Waals surface area contributed by atoms with E-state index in [0.717, 1.165) is 58.8 Å². The van der Waals surface area contributed by atoms with Gasteiger partial charge in [-0.1, -0.05) is 18.2 Å². The van der Waals surface area contributed by atoms with Crippen LogP contribution < -0.4 is 10.2 Å². The minimum absolute atomic E-state index is 0.413. The zero-order chi connectivity index (χ0) is 13.6. The van der Waals surface area contributed by atoms with E-state index in [1.54, 1.807) is 0 Å². The smallest absolute Gasteiger partial charge is 0.0712 e. The van der Waals surface area contributed by atoms with Gasteiger partial charge in [0.15, 0.2) is 0 Å². The highest BCUT2D eigenvalue weighted by Crippen LogP contribution is 2.16. The second-order valence-corrected chi connectivity index (χ2v) is 5.65. The van der Waals surface area contributed by atoms with Crippen molar-refractivity contribution in [2.75, 3.05) is 57.3 Å². The van der Waals surface area contributed by atoms with Crippen LogP contribution in [0.2, 0.25) is 0 Å². The first-order chi connectivity index (χ1) is 9.92. The van der Waals surface area contributed by atoms with Gasteiger partial charge in [-0.25, -0.2) is 0 Å². The lowest BCUT2D eigenvalue weighted by molar-refractivity contribution is 0.0171. The summed E-state index contributed by atoms with van der Waals surface area (Å²) in [5, 5.41) is 3.40. The molecule has 1 atom stereocenters. The van der Waals surface area contributed by atoms with Crippen molar-refractivity contribution in [3.63, 3.8) is 0 Å². The summed E-state index contributed by atoms with van der Waals surface area (Å²) in [7, 11) is 0. The van der Waals surface area contributed by atoms with Gasteiger partial charge in [0.05, 0.1) is 12.7 Å². The molecule has 0 aromatic heterocycles. The van der Waals surface area contributed by atoms with Crippen LogP contribution in [0.4, 0.5) is 5.69 Å². The zero-order valence-corrected chi connectivity index (χ0v) is 12.1. The molecule has 0 radical (unpaired) electrons. The first kappa shape index (κ1) is 13.9. The fraction of sp³-hybridized carbons (Fsp3) is 0.625. The molecule has 4 heteroatoms. The first-order valence-electron chi connectivity index (χ1n) is 7.76. The molecule has 2 saturated heterocycles. The predicted molar refractivity (Wildman–Crippen MR) is 82.3 cm³/mol. The van der Waals surface area contributed by atoms with Crippen molar-refractivity contribution in [3.05, 3.63) is 30.3 Å². The average Bonchev–Trinajstić information content (AvgIpc) is 2.55. The lowest BCUT2D eigenvalue weighted by atomic mass is 10.2. The Bertz CT molecular complexity index is 384. The average molecular weight is 275 g/mol. The van der Waals surface area contributed by atoms with Crippen molar-refractivity contribution in [2.24, 2.45) is 0 Å².